The maximum absolute atomic E-state index is 12.9. The number of carbonyl (C=O) groups excluding carboxylic acids is 1. The zero-order valence-corrected chi connectivity index (χ0v) is 14.8. The number of hydrogen-bond acceptors (Lipinski definition) is 4. The molecule has 1 N–H and O–H groups in total. The van der Waals surface area contributed by atoms with Crippen molar-refractivity contribution in [2.45, 2.75) is 50.0 Å². The molecule has 7 heteroatoms. The molecular weight excluding hydrogens is 328 g/mol. The second kappa shape index (κ2) is 7.21. The summed E-state index contributed by atoms with van der Waals surface area (Å²) in [6.45, 7) is 3.51. The summed E-state index contributed by atoms with van der Waals surface area (Å²) in [5, 5.41) is 2.78. The van der Waals surface area contributed by atoms with Crippen LogP contribution < -0.4 is 5.32 Å². The van der Waals surface area contributed by atoms with Crippen molar-refractivity contribution >= 4 is 21.6 Å². The van der Waals surface area contributed by atoms with Crippen LogP contribution in [-0.2, 0) is 19.6 Å². The Morgan fingerprint density at radius 1 is 1.21 bits per heavy atom. The number of piperidine rings is 1. The van der Waals surface area contributed by atoms with Gasteiger partial charge in [-0.2, -0.15) is 4.31 Å². The van der Waals surface area contributed by atoms with E-state index in [4.69, 9.17) is 4.74 Å². The largest absolute Gasteiger partial charge is 0.368 e. The summed E-state index contributed by atoms with van der Waals surface area (Å²) in [6.07, 6.45) is 4.01. The number of hydrogen-bond donors (Lipinski definition) is 1. The van der Waals surface area contributed by atoms with E-state index in [1.54, 1.807) is 29.4 Å². The molecule has 6 nitrogen and oxygen atoms in total. The first-order valence-corrected chi connectivity index (χ1v) is 9.96. The van der Waals surface area contributed by atoms with Gasteiger partial charge in [-0.1, -0.05) is 12.5 Å². The predicted octanol–water partition coefficient (Wildman–Crippen LogP) is 2.29. The molecule has 132 valence electrons. The highest BCUT2D eigenvalue weighted by Gasteiger charge is 2.28. The minimum atomic E-state index is -3.52. The zero-order valence-electron chi connectivity index (χ0n) is 14.0. The molecule has 2 aliphatic heterocycles. The highest BCUT2D eigenvalue weighted by Crippen LogP contribution is 2.26. The van der Waals surface area contributed by atoms with Gasteiger partial charge in [-0.15, -0.1) is 0 Å². The quantitative estimate of drug-likeness (QED) is 0.902. The molecule has 1 amide bonds. The molecule has 1 atom stereocenters. The second-order valence-electron chi connectivity index (χ2n) is 6.44. The van der Waals surface area contributed by atoms with E-state index in [1.165, 1.54) is 0 Å². The van der Waals surface area contributed by atoms with Gasteiger partial charge in [0.15, 0.2) is 0 Å². The average molecular weight is 352 g/mol. The maximum atomic E-state index is 12.9. The maximum Gasteiger partial charge on any atom is 0.253 e. The van der Waals surface area contributed by atoms with Crippen molar-refractivity contribution in [3.8, 4) is 0 Å². The van der Waals surface area contributed by atoms with E-state index >= 15 is 0 Å². The zero-order chi connectivity index (χ0) is 17.2. The molecule has 3 rings (SSSR count). The van der Waals surface area contributed by atoms with Crippen LogP contribution in [0.3, 0.4) is 0 Å². The lowest BCUT2D eigenvalue weighted by atomic mass is 10.2. The highest BCUT2D eigenvalue weighted by molar-refractivity contribution is 7.89. The second-order valence-corrected chi connectivity index (χ2v) is 8.34. The number of nitrogens with zero attached hydrogens (tertiary/aromatic N) is 1. The van der Waals surface area contributed by atoms with Crippen molar-refractivity contribution in [3.05, 3.63) is 23.8 Å². The van der Waals surface area contributed by atoms with Gasteiger partial charge in [-0.05, 0) is 50.3 Å². The Morgan fingerprint density at radius 3 is 2.62 bits per heavy atom. The fourth-order valence-electron chi connectivity index (χ4n) is 3.21. The van der Waals surface area contributed by atoms with Gasteiger partial charge in [-0.25, -0.2) is 8.42 Å². The van der Waals surface area contributed by atoms with Gasteiger partial charge in [-0.3, -0.25) is 4.79 Å². The number of anilines is 1. The van der Waals surface area contributed by atoms with E-state index in [1.807, 2.05) is 0 Å². The van der Waals surface area contributed by atoms with Crippen LogP contribution in [0, 0.1) is 6.92 Å². The standard InChI is InChI=1S/C17H24N2O4S/c1-13-7-8-14(18-17(20)15-6-5-11-23-15)12-16(13)24(21,22)19-9-3-2-4-10-19/h7-8,12,15H,2-6,9-11H2,1H3,(H,18,20). The lowest BCUT2D eigenvalue weighted by molar-refractivity contribution is -0.124. The van der Waals surface area contributed by atoms with Crippen LogP contribution in [0.1, 0.15) is 37.7 Å². The van der Waals surface area contributed by atoms with Gasteiger partial charge in [0, 0.05) is 25.4 Å². The Morgan fingerprint density at radius 2 is 1.96 bits per heavy atom. The molecule has 0 aliphatic carbocycles. The van der Waals surface area contributed by atoms with E-state index in [-0.39, 0.29) is 10.8 Å². The minimum Gasteiger partial charge on any atom is -0.368 e. The monoisotopic (exact) mass is 352 g/mol. The van der Waals surface area contributed by atoms with E-state index in [0.717, 1.165) is 25.7 Å². The Bertz CT molecular complexity index is 705. The van der Waals surface area contributed by atoms with Crippen LogP contribution in [0.4, 0.5) is 5.69 Å². The molecule has 0 saturated carbocycles. The number of benzene rings is 1. The summed E-state index contributed by atoms with van der Waals surface area (Å²) in [5.74, 6) is -0.210. The summed E-state index contributed by atoms with van der Waals surface area (Å²) in [4.78, 5) is 12.4. The van der Waals surface area contributed by atoms with Crippen molar-refractivity contribution in [1.29, 1.82) is 0 Å². The van der Waals surface area contributed by atoms with Gasteiger partial charge in [0.25, 0.3) is 5.91 Å². The van der Waals surface area contributed by atoms with Gasteiger partial charge >= 0.3 is 0 Å². The Balaban J connectivity index is 1.81. The van der Waals surface area contributed by atoms with Gasteiger partial charge < -0.3 is 10.1 Å². The first-order chi connectivity index (χ1) is 11.5. The molecule has 0 spiro atoms. The van der Waals surface area contributed by atoms with E-state index in [0.29, 0.717) is 37.4 Å². The third-order valence-corrected chi connectivity index (χ3v) is 6.65. The van der Waals surface area contributed by atoms with Crippen LogP contribution in [0.25, 0.3) is 0 Å². The molecule has 2 heterocycles. The summed E-state index contributed by atoms with van der Waals surface area (Å²) >= 11 is 0. The van der Waals surface area contributed by atoms with Crippen LogP contribution in [0.5, 0.6) is 0 Å². The molecule has 24 heavy (non-hydrogen) atoms. The molecule has 1 unspecified atom stereocenters. The number of sulfonamides is 1. The van der Waals surface area contributed by atoms with Gasteiger partial charge in [0.1, 0.15) is 6.10 Å². The summed E-state index contributed by atoms with van der Waals surface area (Å²) in [7, 11) is -3.52. The number of ether oxygens (including phenoxy) is 1. The predicted molar refractivity (Wildman–Crippen MR) is 91.4 cm³/mol. The normalized spacial score (nSPS) is 22.5. The molecule has 0 aromatic heterocycles. The van der Waals surface area contributed by atoms with E-state index < -0.39 is 16.1 Å². The fourth-order valence-corrected chi connectivity index (χ4v) is 4.98. The number of amides is 1. The number of rotatable bonds is 4. The molecule has 2 saturated heterocycles. The van der Waals surface area contributed by atoms with E-state index in [2.05, 4.69) is 5.32 Å². The topological polar surface area (TPSA) is 75.7 Å². The first-order valence-electron chi connectivity index (χ1n) is 8.52. The van der Waals surface area contributed by atoms with Crippen LogP contribution in [-0.4, -0.2) is 44.4 Å². The number of aryl methyl sites for hydroxylation is 1. The summed E-state index contributed by atoms with van der Waals surface area (Å²) in [6, 6.07) is 5.03. The van der Waals surface area contributed by atoms with E-state index in [9.17, 15) is 13.2 Å². The lowest BCUT2D eigenvalue weighted by Gasteiger charge is -2.26. The Hall–Kier alpha value is -1.44. The van der Waals surface area contributed by atoms with Crippen molar-refractivity contribution in [1.82, 2.24) is 4.31 Å². The molecular formula is C17H24N2O4S. The first kappa shape index (κ1) is 17.4. The SMILES string of the molecule is Cc1ccc(NC(=O)C2CCCO2)cc1S(=O)(=O)N1CCCCC1. The molecule has 2 aliphatic rings. The number of carbonyl (C=O) groups is 1. The number of nitrogens with one attached hydrogen (secondary N) is 1. The summed E-state index contributed by atoms with van der Waals surface area (Å²) in [5.41, 5.74) is 1.19. The van der Waals surface area contributed by atoms with Crippen molar-refractivity contribution in [2.24, 2.45) is 0 Å². The third kappa shape index (κ3) is 3.63. The van der Waals surface area contributed by atoms with Crippen LogP contribution in [0.2, 0.25) is 0 Å². The smallest absolute Gasteiger partial charge is 0.253 e. The highest BCUT2D eigenvalue weighted by atomic mass is 32.2. The van der Waals surface area contributed by atoms with Crippen LogP contribution in [0.15, 0.2) is 23.1 Å². The van der Waals surface area contributed by atoms with Gasteiger partial charge in [0.05, 0.1) is 4.90 Å². The molecule has 0 bridgehead atoms. The third-order valence-electron chi connectivity index (χ3n) is 4.61. The van der Waals surface area contributed by atoms with Crippen LogP contribution >= 0.6 is 0 Å². The minimum absolute atomic E-state index is 0.210. The van der Waals surface area contributed by atoms with Gasteiger partial charge in [0.2, 0.25) is 10.0 Å². The fraction of sp³-hybridized carbons (Fsp3) is 0.588. The lowest BCUT2D eigenvalue weighted by Crippen LogP contribution is -2.36. The Kier molecular flexibility index (Phi) is 5.22. The summed E-state index contributed by atoms with van der Waals surface area (Å²) < 4.78 is 32.7. The molecule has 2 fully saturated rings. The van der Waals surface area contributed by atoms with Crippen molar-refractivity contribution < 1.29 is 17.9 Å². The average Bonchev–Trinajstić information content (AvgIpc) is 3.12. The Labute approximate surface area is 143 Å². The molecule has 1 aromatic carbocycles. The van der Waals surface area contributed by atoms with Crippen molar-refractivity contribution in [2.75, 3.05) is 25.0 Å². The molecule has 1 aromatic rings. The molecule has 0 radical (unpaired) electrons. The van der Waals surface area contributed by atoms with Crippen molar-refractivity contribution in [3.63, 3.8) is 0 Å².